The second-order valence-electron chi connectivity index (χ2n) is 6.97. The zero-order valence-electron chi connectivity index (χ0n) is 15.1. The fraction of sp³-hybridized carbons (Fsp3) is 0.476. The molecule has 3 rings (SSSR count). The van der Waals surface area contributed by atoms with E-state index >= 15 is 0 Å². The number of hydrogen-bond donors (Lipinski definition) is 0. The highest BCUT2D eigenvalue weighted by molar-refractivity contribution is 5.24. The van der Waals surface area contributed by atoms with Crippen molar-refractivity contribution in [3.8, 4) is 6.07 Å². The van der Waals surface area contributed by atoms with Crippen molar-refractivity contribution in [3.63, 3.8) is 0 Å². The fourth-order valence-corrected chi connectivity index (χ4v) is 4.03. The van der Waals surface area contributed by atoms with E-state index < -0.39 is 0 Å². The summed E-state index contributed by atoms with van der Waals surface area (Å²) in [6, 6.07) is 13.2. The molecule has 0 aromatic carbocycles. The lowest BCUT2D eigenvalue weighted by Gasteiger charge is -2.45. The Hall–Kier alpha value is -2.25. The smallest absolute Gasteiger partial charge is 0.0622 e. The van der Waals surface area contributed by atoms with Crippen LogP contribution in [0, 0.1) is 24.2 Å². The topological polar surface area (TPSA) is 52.8 Å². The molecule has 0 bridgehead atoms. The van der Waals surface area contributed by atoms with Gasteiger partial charge in [0, 0.05) is 25.4 Å². The third kappa shape index (κ3) is 3.88. The number of pyridine rings is 2. The van der Waals surface area contributed by atoms with Crippen molar-refractivity contribution < 1.29 is 0 Å². The molecule has 1 saturated heterocycles. The maximum absolute atomic E-state index is 8.96. The highest BCUT2D eigenvalue weighted by atomic mass is 15.2. The predicted octanol–water partition coefficient (Wildman–Crippen LogP) is 4.60. The van der Waals surface area contributed by atoms with Gasteiger partial charge >= 0.3 is 0 Å². The first-order valence-corrected chi connectivity index (χ1v) is 9.17. The molecule has 2 aromatic heterocycles. The van der Waals surface area contributed by atoms with Crippen LogP contribution in [0.25, 0.3) is 0 Å². The largest absolute Gasteiger partial charge is 0.286 e. The maximum atomic E-state index is 8.96. The SMILES string of the molecule is Cc1cccnc1[C@H]1[C@@H](C)CCC(c2ccccn2)N1CCCC#N. The number of unbranched alkanes of at least 4 members (excludes halogenated alkanes) is 1. The second-order valence-corrected chi connectivity index (χ2v) is 6.97. The van der Waals surface area contributed by atoms with Gasteiger partial charge in [-0.1, -0.05) is 19.1 Å². The van der Waals surface area contributed by atoms with Gasteiger partial charge in [0.2, 0.25) is 0 Å². The Kier molecular flexibility index (Phi) is 5.78. The van der Waals surface area contributed by atoms with Crippen molar-refractivity contribution >= 4 is 0 Å². The van der Waals surface area contributed by atoms with E-state index in [0.717, 1.165) is 31.5 Å². The van der Waals surface area contributed by atoms with Crippen LogP contribution in [0.5, 0.6) is 0 Å². The normalized spacial score (nSPS) is 24.0. The predicted molar refractivity (Wildman–Crippen MR) is 98.6 cm³/mol. The number of hydrogen-bond acceptors (Lipinski definition) is 4. The van der Waals surface area contributed by atoms with Gasteiger partial charge in [0.05, 0.1) is 29.5 Å². The Balaban J connectivity index is 1.97. The molecule has 0 N–H and O–H groups in total. The average Bonchev–Trinajstić information content (AvgIpc) is 2.64. The summed E-state index contributed by atoms with van der Waals surface area (Å²) in [5.41, 5.74) is 3.55. The van der Waals surface area contributed by atoms with Gasteiger partial charge in [0.15, 0.2) is 0 Å². The van der Waals surface area contributed by atoms with Gasteiger partial charge in [-0.15, -0.1) is 0 Å². The van der Waals surface area contributed by atoms with Crippen LogP contribution >= 0.6 is 0 Å². The summed E-state index contributed by atoms with van der Waals surface area (Å²) in [7, 11) is 0. The third-order valence-electron chi connectivity index (χ3n) is 5.26. The summed E-state index contributed by atoms with van der Waals surface area (Å²) in [6.07, 6.45) is 7.52. The number of aryl methyl sites for hydroxylation is 1. The first-order valence-electron chi connectivity index (χ1n) is 9.17. The van der Waals surface area contributed by atoms with Crippen LogP contribution in [0.4, 0.5) is 0 Å². The fourth-order valence-electron chi connectivity index (χ4n) is 4.03. The van der Waals surface area contributed by atoms with Crippen molar-refractivity contribution in [3.05, 3.63) is 59.7 Å². The van der Waals surface area contributed by atoms with Crippen LogP contribution in [0.3, 0.4) is 0 Å². The Bertz CT molecular complexity index is 722. The van der Waals surface area contributed by atoms with Crippen molar-refractivity contribution in [1.29, 1.82) is 5.26 Å². The van der Waals surface area contributed by atoms with Crippen LogP contribution in [0.1, 0.15) is 61.6 Å². The van der Waals surface area contributed by atoms with Crippen LogP contribution in [-0.2, 0) is 0 Å². The number of nitriles is 1. The minimum absolute atomic E-state index is 0.278. The zero-order chi connectivity index (χ0) is 17.6. The monoisotopic (exact) mass is 334 g/mol. The number of nitrogens with zero attached hydrogens (tertiary/aromatic N) is 4. The minimum Gasteiger partial charge on any atom is -0.286 e. The minimum atomic E-state index is 0.278. The standard InChI is InChI=1S/C21H26N4/c1-16-8-7-14-24-20(16)21-17(2)10-11-19(18-9-3-5-13-23-18)25(21)15-6-4-12-22/h3,5,7-9,13-14,17,19,21H,4,6,10-11,15H2,1-2H3/t17-,19?,21+/m0/s1. The third-order valence-corrected chi connectivity index (χ3v) is 5.26. The van der Waals surface area contributed by atoms with E-state index in [1.807, 2.05) is 24.5 Å². The lowest BCUT2D eigenvalue weighted by molar-refractivity contribution is 0.0378. The van der Waals surface area contributed by atoms with E-state index in [1.165, 1.54) is 11.3 Å². The van der Waals surface area contributed by atoms with Crippen molar-refractivity contribution in [2.24, 2.45) is 5.92 Å². The molecule has 4 heteroatoms. The summed E-state index contributed by atoms with van der Waals surface area (Å²) in [5.74, 6) is 0.538. The average molecular weight is 334 g/mol. The summed E-state index contributed by atoms with van der Waals surface area (Å²) >= 11 is 0. The molecule has 3 atom stereocenters. The molecule has 1 aliphatic rings. The molecule has 0 spiro atoms. The van der Waals surface area contributed by atoms with Gasteiger partial charge in [-0.25, -0.2) is 0 Å². The van der Waals surface area contributed by atoms with Crippen LogP contribution < -0.4 is 0 Å². The lowest BCUT2D eigenvalue weighted by atomic mass is 9.82. The van der Waals surface area contributed by atoms with E-state index in [1.54, 1.807) is 0 Å². The highest BCUT2D eigenvalue weighted by Gasteiger charge is 2.38. The van der Waals surface area contributed by atoms with Gasteiger partial charge < -0.3 is 0 Å². The van der Waals surface area contributed by atoms with Crippen molar-refractivity contribution in [1.82, 2.24) is 14.9 Å². The lowest BCUT2D eigenvalue weighted by Crippen LogP contribution is -2.42. The summed E-state index contributed by atoms with van der Waals surface area (Å²) < 4.78 is 0. The highest BCUT2D eigenvalue weighted by Crippen LogP contribution is 2.44. The zero-order valence-corrected chi connectivity index (χ0v) is 15.1. The van der Waals surface area contributed by atoms with E-state index in [-0.39, 0.29) is 6.04 Å². The van der Waals surface area contributed by atoms with Gasteiger partial charge in [0.25, 0.3) is 0 Å². The molecule has 4 nitrogen and oxygen atoms in total. The Morgan fingerprint density at radius 1 is 1.16 bits per heavy atom. The Morgan fingerprint density at radius 2 is 2.00 bits per heavy atom. The molecule has 0 amide bonds. The molecule has 1 fully saturated rings. The number of piperidine rings is 1. The van der Waals surface area contributed by atoms with Gasteiger partial charge in [-0.2, -0.15) is 5.26 Å². The molecule has 0 aliphatic carbocycles. The number of likely N-dealkylation sites (tertiary alicyclic amines) is 1. The van der Waals surface area contributed by atoms with Crippen molar-refractivity contribution in [2.75, 3.05) is 6.54 Å². The second kappa shape index (κ2) is 8.22. The first-order chi connectivity index (χ1) is 12.2. The van der Waals surface area contributed by atoms with Crippen LogP contribution in [0.2, 0.25) is 0 Å². The van der Waals surface area contributed by atoms with E-state index in [0.29, 0.717) is 18.4 Å². The summed E-state index contributed by atoms with van der Waals surface area (Å²) in [6.45, 7) is 5.37. The molecule has 1 aliphatic heterocycles. The quantitative estimate of drug-likeness (QED) is 0.750. The molecule has 3 heterocycles. The Morgan fingerprint density at radius 3 is 2.72 bits per heavy atom. The Labute approximate surface area is 150 Å². The number of aromatic nitrogens is 2. The van der Waals surface area contributed by atoms with Gasteiger partial charge in [-0.05, 0) is 55.9 Å². The molecule has 1 unspecified atom stereocenters. The molecule has 0 saturated carbocycles. The van der Waals surface area contributed by atoms with Crippen molar-refractivity contribution in [2.45, 2.75) is 51.6 Å². The summed E-state index contributed by atoms with van der Waals surface area (Å²) in [5, 5.41) is 8.96. The van der Waals surface area contributed by atoms with Gasteiger partial charge in [0.1, 0.15) is 0 Å². The molecule has 0 radical (unpaired) electrons. The molecule has 2 aromatic rings. The molecular weight excluding hydrogens is 308 g/mol. The van der Waals surface area contributed by atoms with E-state index in [2.05, 4.69) is 48.0 Å². The molecular formula is C21H26N4. The first kappa shape index (κ1) is 17.6. The van der Waals surface area contributed by atoms with Gasteiger partial charge in [-0.3, -0.25) is 14.9 Å². The number of rotatable bonds is 5. The molecule has 25 heavy (non-hydrogen) atoms. The van der Waals surface area contributed by atoms with E-state index in [4.69, 9.17) is 10.2 Å². The van der Waals surface area contributed by atoms with Crippen LogP contribution in [0.15, 0.2) is 42.7 Å². The van der Waals surface area contributed by atoms with Crippen LogP contribution in [-0.4, -0.2) is 21.4 Å². The van der Waals surface area contributed by atoms with E-state index in [9.17, 15) is 0 Å². The summed E-state index contributed by atoms with van der Waals surface area (Å²) in [4.78, 5) is 11.9. The maximum Gasteiger partial charge on any atom is 0.0622 e. The molecule has 130 valence electrons.